The molecule has 0 saturated heterocycles. The molecular formula is C10H12ClNO5. The Labute approximate surface area is 103 Å². The maximum atomic E-state index is 11.1. The molecule has 0 spiro atoms. The van der Waals surface area contributed by atoms with Gasteiger partial charge in [-0.15, -0.1) is 0 Å². The molecule has 0 atom stereocenters. The summed E-state index contributed by atoms with van der Waals surface area (Å²) < 4.78 is 4.41. The van der Waals surface area contributed by atoms with E-state index >= 15 is 0 Å². The number of nitro groups is 1. The minimum atomic E-state index is -0.696. The highest BCUT2D eigenvalue weighted by Crippen LogP contribution is 2.27. The summed E-state index contributed by atoms with van der Waals surface area (Å²) in [6.07, 6.45) is 0. The molecule has 94 valence electrons. The van der Waals surface area contributed by atoms with Crippen molar-refractivity contribution in [2.75, 3.05) is 13.7 Å². The summed E-state index contributed by atoms with van der Waals surface area (Å²) in [5.41, 5.74) is -0.321. The van der Waals surface area contributed by atoms with Crippen LogP contribution in [0.15, 0.2) is 18.2 Å². The first-order chi connectivity index (χ1) is 7.99. The molecule has 0 amide bonds. The molecule has 1 aromatic rings. The average Bonchev–Trinajstić information content (AvgIpc) is 2.29. The number of aliphatic hydroxyl groups excluding tert-OH is 1. The summed E-state index contributed by atoms with van der Waals surface area (Å²) >= 11 is 5.63. The SMILES string of the molecule is CCO.COC(=O)c1cccc([N+](=O)[O-])c1Cl. The number of ether oxygens (including phenoxy) is 1. The van der Waals surface area contributed by atoms with E-state index in [0.29, 0.717) is 0 Å². The lowest BCUT2D eigenvalue weighted by Gasteiger charge is -2.01. The smallest absolute Gasteiger partial charge is 0.339 e. The molecule has 6 nitrogen and oxygen atoms in total. The number of benzene rings is 1. The summed E-state index contributed by atoms with van der Waals surface area (Å²) in [5.74, 6) is -0.696. The van der Waals surface area contributed by atoms with Gasteiger partial charge in [-0.05, 0) is 13.0 Å². The highest BCUT2D eigenvalue weighted by Gasteiger charge is 2.19. The van der Waals surface area contributed by atoms with Gasteiger partial charge in [0.2, 0.25) is 0 Å². The fraction of sp³-hybridized carbons (Fsp3) is 0.300. The number of carbonyl (C=O) groups is 1. The van der Waals surface area contributed by atoms with Gasteiger partial charge in [-0.2, -0.15) is 0 Å². The van der Waals surface area contributed by atoms with E-state index in [1.54, 1.807) is 6.92 Å². The topological polar surface area (TPSA) is 89.7 Å². The Morgan fingerprint density at radius 3 is 2.53 bits per heavy atom. The van der Waals surface area contributed by atoms with Gasteiger partial charge in [-0.1, -0.05) is 17.7 Å². The minimum absolute atomic E-state index is 0.0108. The third kappa shape index (κ3) is 4.38. The number of hydrogen-bond acceptors (Lipinski definition) is 5. The van der Waals surface area contributed by atoms with Crippen molar-refractivity contribution in [1.82, 2.24) is 0 Å². The van der Waals surface area contributed by atoms with E-state index in [0.717, 1.165) is 0 Å². The lowest BCUT2D eigenvalue weighted by molar-refractivity contribution is -0.384. The Morgan fingerprint density at radius 2 is 2.12 bits per heavy atom. The van der Waals surface area contributed by atoms with E-state index in [4.69, 9.17) is 16.7 Å². The minimum Gasteiger partial charge on any atom is -0.465 e. The zero-order chi connectivity index (χ0) is 13.4. The van der Waals surface area contributed by atoms with Crippen molar-refractivity contribution in [3.63, 3.8) is 0 Å². The normalized spacial score (nSPS) is 8.94. The van der Waals surface area contributed by atoms with Crippen LogP contribution in [-0.2, 0) is 4.74 Å². The molecule has 17 heavy (non-hydrogen) atoms. The van der Waals surface area contributed by atoms with Gasteiger partial charge in [0, 0.05) is 12.7 Å². The van der Waals surface area contributed by atoms with E-state index in [9.17, 15) is 14.9 Å². The molecule has 0 fully saturated rings. The Kier molecular flexibility index (Phi) is 6.85. The fourth-order valence-electron chi connectivity index (χ4n) is 0.928. The average molecular weight is 262 g/mol. The highest BCUT2D eigenvalue weighted by molar-refractivity contribution is 6.35. The largest absolute Gasteiger partial charge is 0.465 e. The van der Waals surface area contributed by atoms with Crippen LogP contribution in [0.4, 0.5) is 5.69 Å². The first kappa shape index (κ1) is 15.3. The Morgan fingerprint density at radius 1 is 1.59 bits per heavy atom. The Bertz CT molecular complexity index is 408. The predicted molar refractivity (Wildman–Crippen MR) is 62.2 cm³/mol. The van der Waals surface area contributed by atoms with Crippen molar-refractivity contribution in [2.24, 2.45) is 0 Å². The van der Waals surface area contributed by atoms with Crippen LogP contribution in [0.5, 0.6) is 0 Å². The van der Waals surface area contributed by atoms with Crippen molar-refractivity contribution in [2.45, 2.75) is 6.92 Å². The standard InChI is InChI=1S/C8H6ClNO4.C2H6O/c1-14-8(11)5-3-2-4-6(7(5)9)10(12)13;1-2-3/h2-4H,1H3;3H,2H2,1H3. The summed E-state index contributed by atoms with van der Waals surface area (Å²) in [4.78, 5) is 20.9. The highest BCUT2D eigenvalue weighted by atomic mass is 35.5. The molecule has 7 heteroatoms. The van der Waals surface area contributed by atoms with Gasteiger partial charge in [-0.25, -0.2) is 4.79 Å². The van der Waals surface area contributed by atoms with Gasteiger partial charge in [0.05, 0.1) is 17.6 Å². The van der Waals surface area contributed by atoms with Crippen molar-refractivity contribution in [3.8, 4) is 0 Å². The number of halogens is 1. The van der Waals surface area contributed by atoms with Crippen LogP contribution in [0.2, 0.25) is 5.02 Å². The molecule has 1 rings (SSSR count). The Balaban J connectivity index is 0.000000770. The van der Waals surface area contributed by atoms with Crippen LogP contribution >= 0.6 is 11.6 Å². The first-order valence-electron chi connectivity index (χ1n) is 4.61. The molecule has 0 aromatic heterocycles. The number of rotatable bonds is 2. The molecule has 0 aliphatic heterocycles. The number of nitrogens with zero attached hydrogens (tertiary/aromatic N) is 1. The first-order valence-corrected chi connectivity index (χ1v) is 4.99. The van der Waals surface area contributed by atoms with E-state index in [2.05, 4.69) is 4.74 Å². The van der Waals surface area contributed by atoms with Gasteiger partial charge < -0.3 is 9.84 Å². The number of esters is 1. The molecule has 1 aromatic carbocycles. The number of nitro benzene ring substituents is 1. The third-order valence-electron chi connectivity index (χ3n) is 1.58. The zero-order valence-corrected chi connectivity index (χ0v) is 10.1. The lowest BCUT2D eigenvalue weighted by Crippen LogP contribution is -2.03. The molecular weight excluding hydrogens is 250 g/mol. The van der Waals surface area contributed by atoms with Gasteiger partial charge in [0.1, 0.15) is 5.02 Å². The van der Waals surface area contributed by atoms with Gasteiger partial charge in [0.15, 0.2) is 0 Å². The second kappa shape index (κ2) is 7.59. The summed E-state index contributed by atoms with van der Waals surface area (Å²) in [5, 5.41) is 17.8. The van der Waals surface area contributed by atoms with Gasteiger partial charge in [-0.3, -0.25) is 10.1 Å². The third-order valence-corrected chi connectivity index (χ3v) is 1.98. The molecule has 0 heterocycles. The van der Waals surface area contributed by atoms with Gasteiger partial charge >= 0.3 is 5.97 Å². The van der Waals surface area contributed by atoms with Crippen LogP contribution in [-0.4, -0.2) is 29.7 Å². The number of methoxy groups -OCH3 is 1. The predicted octanol–water partition coefficient (Wildman–Crippen LogP) is 2.03. The maximum absolute atomic E-state index is 11.1. The lowest BCUT2D eigenvalue weighted by atomic mass is 10.2. The molecule has 0 saturated carbocycles. The van der Waals surface area contributed by atoms with Crippen LogP contribution in [0.3, 0.4) is 0 Å². The molecule has 0 aliphatic carbocycles. The van der Waals surface area contributed by atoms with Crippen molar-refractivity contribution in [1.29, 1.82) is 0 Å². The molecule has 0 bridgehead atoms. The molecule has 0 unspecified atom stereocenters. The Hall–Kier alpha value is -1.66. The van der Waals surface area contributed by atoms with E-state index in [1.807, 2.05) is 0 Å². The fourth-order valence-corrected chi connectivity index (χ4v) is 1.20. The van der Waals surface area contributed by atoms with E-state index in [-0.39, 0.29) is 22.9 Å². The number of aliphatic hydroxyl groups is 1. The molecule has 0 radical (unpaired) electrons. The van der Waals surface area contributed by atoms with Crippen molar-refractivity contribution in [3.05, 3.63) is 38.9 Å². The van der Waals surface area contributed by atoms with Crippen molar-refractivity contribution >= 4 is 23.3 Å². The molecule has 0 aliphatic rings. The quantitative estimate of drug-likeness (QED) is 0.500. The molecule has 1 N–H and O–H groups in total. The van der Waals surface area contributed by atoms with Crippen LogP contribution in [0.1, 0.15) is 17.3 Å². The maximum Gasteiger partial charge on any atom is 0.339 e. The summed E-state index contributed by atoms with van der Waals surface area (Å²) in [7, 11) is 1.18. The summed E-state index contributed by atoms with van der Waals surface area (Å²) in [6, 6.07) is 3.95. The number of hydrogen-bond donors (Lipinski definition) is 1. The van der Waals surface area contributed by atoms with E-state index < -0.39 is 10.9 Å². The second-order valence-corrected chi connectivity index (χ2v) is 3.08. The second-order valence-electron chi connectivity index (χ2n) is 2.70. The van der Waals surface area contributed by atoms with Crippen LogP contribution in [0, 0.1) is 10.1 Å². The van der Waals surface area contributed by atoms with Crippen molar-refractivity contribution < 1.29 is 19.6 Å². The van der Waals surface area contributed by atoms with Gasteiger partial charge in [0.25, 0.3) is 5.69 Å². The monoisotopic (exact) mass is 261 g/mol. The zero-order valence-electron chi connectivity index (χ0n) is 9.34. The summed E-state index contributed by atoms with van der Waals surface area (Å²) in [6.45, 7) is 1.93. The van der Waals surface area contributed by atoms with E-state index in [1.165, 1.54) is 25.3 Å². The number of carbonyl (C=O) groups excluding carboxylic acids is 1. The van der Waals surface area contributed by atoms with Crippen LogP contribution in [0.25, 0.3) is 0 Å². The van der Waals surface area contributed by atoms with Crippen LogP contribution < -0.4 is 0 Å².